The molecule has 0 spiro atoms. The Bertz CT molecular complexity index is 1920. The summed E-state index contributed by atoms with van der Waals surface area (Å²) in [4.78, 5) is 40.2. The molecule has 2 saturated carbocycles. The van der Waals surface area contributed by atoms with Crippen LogP contribution in [-0.2, 0) is 0 Å². The van der Waals surface area contributed by atoms with E-state index in [-0.39, 0.29) is 23.3 Å². The number of amides is 1. The van der Waals surface area contributed by atoms with Crippen LogP contribution >= 0.6 is 0 Å². The van der Waals surface area contributed by atoms with Crippen molar-refractivity contribution >= 4 is 60.7 Å². The molecule has 1 amide bonds. The summed E-state index contributed by atoms with van der Waals surface area (Å²) in [7, 11) is 0. The summed E-state index contributed by atoms with van der Waals surface area (Å²) in [6.07, 6.45) is 9.12. The van der Waals surface area contributed by atoms with Gasteiger partial charge in [0.15, 0.2) is 5.78 Å². The Morgan fingerprint density at radius 2 is 1.14 bits per heavy atom. The highest BCUT2D eigenvalue weighted by Gasteiger charge is 2.27. The van der Waals surface area contributed by atoms with Crippen molar-refractivity contribution in [2.75, 3.05) is 0 Å². The summed E-state index contributed by atoms with van der Waals surface area (Å²) in [6, 6.07) is 15.7. The minimum atomic E-state index is -1.03. The van der Waals surface area contributed by atoms with E-state index in [0.717, 1.165) is 94.6 Å². The Morgan fingerprint density at radius 3 is 1.73 bits per heavy atom. The van der Waals surface area contributed by atoms with Gasteiger partial charge in [-0.2, -0.15) is 0 Å². The number of hydrogen-bond acceptors (Lipinski definition) is 3. The van der Waals surface area contributed by atoms with E-state index >= 15 is 0 Å². The number of aryl methyl sites for hydroxylation is 1. The molecule has 5 aromatic rings. The Balaban J connectivity index is 1.40. The number of fused-ring (bicyclic) bond motifs is 2. The molecular formula is C39H41NO4. The number of carbonyl (C=O) groups excluding carboxylic acids is 2. The molecular weight excluding hydrogens is 546 g/mol. The average Bonchev–Trinajstić information content (AvgIpc) is 3.02. The third-order valence-corrected chi connectivity index (χ3v) is 10.8. The molecule has 0 atom stereocenters. The van der Waals surface area contributed by atoms with E-state index in [1.807, 2.05) is 37.3 Å². The smallest absolute Gasteiger partial charge is 0.336 e. The molecule has 5 heteroatoms. The molecule has 2 aliphatic carbocycles. The van der Waals surface area contributed by atoms with Crippen molar-refractivity contribution in [1.29, 1.82) is 0 Å². The van der Waals surface area contributed by atoms with Gasteiger partial charge in [0.1, 0.15) is 0 Å². The van der Waals surface area contributed by atoms with Crippen LogP contribution < -0.4 is 5.32 Å². The summed E-state index contributed by atoms with van der Waals surface area (Å²) in [5.74, 6) is 0.721. The predicted molar refractivity (Wildman–Crippen MR) is 178 cm³/mol. The zero-order valence-electron chi connectivity index (χ0n) is 26.0. The maximum absolute atomic E-state index is 13.9. The summed E-state index contributed by atoms with van der Waals surface area (Å²) in [6.45, 7) is 6.60. The molecule has 0 heterocycles. The molecule has 2 fully saturated rings. The van der Waals surface area contributed by atoms with Crippen LogP contribution in [-0.4, -0.2) is 28.8 Å². The van der Waals surface area contributed by atoms with Crippen molar-refractivity contribution in [3.05, 3.63) is 70.8 Å². The van der Waals surface area contributed by atoms with E-state index < -0.39 is 5.97 Å². The Kier molecular flexibility index (Phi) is 7.31. The fourth-order valence-corrected chi connectivity index (χ4v) is 8.23. The molecule has 44 heavy (non-hydrogen) atoms. The van der Waals surface area contributed by atoms with Crippen LogP contribution in [0.2, 0.25) is 0 Å². The Labute approximate surface area is 258 Å². The topological polar surface area (TPSA) is 83.5 Å². The van der Waals surface area contributed by atoms with Crippen LogP contribution in [0.15, 0.2) is 48.5 Å². The molecule has 0 bridgehead atoms. The summed E-state index contributed by atoms with van der Waals surface area (Å²) >= 11 is 0. The van der Waals surface area contributed by atoms with Gasteiger partial charge in [0.25, 0.3) is 5.91 Å². The van der Waals surface area contributed by atoms with Crippen molar-refractivity contribution in [1.82, 2.24) is 5.32 Å². The van der Waals surface area contributed by atoms with Crippen molar-refractivity contribution < 1.29 is 19.5 Å². The molecule has 0 radical (unpaired) electrons. The molecule has 0 saturated heterocycles. The van der Waals surface area contributed by atoms with Crippen molar-refractivity contribution in [3.8, 4) is 0 Å². The highest BCUT2D eigenvalue weighted by Crippen LogP contribution is 2.44. The lowest BCUT2D eigenvalue weighted by Gasteiger charge is -2.27. The van der Waals surface area contributed by atoms with Crippen LogP contribution in [0.3, 0.4) is 0 Å². The first-order chi connectivity index (χ1) is 21.2. The van der Waals surface area contributed by atoms with Crippen LogP contribution in [0, 0.1) is 24.7 Å². The minimum absolute atomic E-state index is 0.0275. The van der Waals surface area contributed by atoms with Gasteiger partial charge in [0.2, 0.25) is 0 Å². The van der Waals surface area contributed by atoms with Gasteiger partial charge in [-0.3, -0.25) is 9.59 Å². The number of rotatable bonds is 6. The first-order valence-electron chi connectivity index (χ1n) is 16.4. The molecule has 2 N–H and O–H groups in total. The number of nitrogens with one attached hydrogen (secondary N) is 1. The number of ketones is 1. The SMILES string of the molecule is Cc1ccc2c3ccc(C(=O)CC4CCC(C)CC4)c4c(C(=O)O)ccc(c5ccc(C(=O)NC6CCC(C)CC6)c1c52)c43. The highest BCUT2D eigenvalue weighted by atomic mass is 16.4. The first-order valence-corrected chi connectivity index (χ1v) is 16.4. The van der Waals surface area contributed by atoms with E-state index in [1.165, 1.54) is 0 Å². The third kappa shape index (κ3) is 4.81. The van der Waals surface area contributed by atoms with Crippen molar-refractivity contribution in [3.63, 3.8) is 0 Å². The fraction of sp³-hybridized carbons (Fsp3) is 0.410. The summed E-state index contributed by atoms with van der Waals surface area (Å²) in [5.41, 5.74) is 2.38. The van der Waals surface area contributed by atoms with Gasteiger partial charge < -0.3 is 10.4 Å². The normalized spacial score (nSPS) is 22.6. The van der Waals surface area contributed by atoms with Gasteiger partial charge in [-0.25, -0.2) is 4.79 Å². The molecule has 2 aliphatic rings. The number of benzene rings is 5. The molecule has 0 aromatic heterocycles. The molecule has 0 aliphatic heterocycles. The highest BCUT2D eigenvalue weighted by molar-refractivity contribution is 6.37. The van der Waals surface area contributed by atoms with Crippen LogP contribution in [0.25, 0.3) is 43.1 Å². The average molecular weight is 588 g/mol. The van der Waals surface area contributed by atoms with Crippen LogP contribution in [0.1, 0.15) is 108 Å². The number of carboxylic acid groups (broad SMARTS) is 1. The van der Waals surface area contributed by atoms with Gasteiger partial charge in [0.05, 0.1) is 5.56 Å². The number of carboxylic acids is 1. The molecule has 5 aromatic carbocycles. The Hall–Kier alpha value is -3.99. The largest absolute Gasteiger partial charge is 0.478 e. The van der Waals surface area contributed by atoms with E-state index in [9.17, 15) is 19.5 Å². The van der Waals surface area contributed by atoms with E-state index in [0.29, 0.717) is 40.7 Å². The lowest BCUT2D eigenvalue weighted by Crippen LogP contribution is -2.37. The van der Waals surface area contributed by atoms with E-state index in [4.69, 9.17) is 0 Å². The Morgan fingerprint density at radius 1 is 0.636 bits per heavy atom. The third-order valence-electron chi connectivity index (χ3n) is 10.8. The van der Waals surface area contributed by atoms with Gasteiger partial charge >= 0.3 is 5.97 Å². The second-order valence-corrected chi connectivity index (χ2v) is 13.9. The van der Waals surface area contributed by atoms with Crippen LogP contribution in [0.4, 0.5) is 0 Å². The fourth-order valence-electron chi connectivity index (χ4n) is 8.23. The zero-order valence-corrected chi connectivity index (χ0v) is 26.0. The lowest BCUT2D eigenvalue weighted by molar-refractivity contribution is 0.0698. The molecule has 7 rings (SSSR count). The van der Waals surface area contributed by atoms with Crippen molar-refractivity contribution in [2.45, 2.75) is 84.6 Å². The van der Waals surface area contributed by atoms with Gasteiger partial charge in [-0.05, 0) is 119 Å². The second-order valence-electron chi connectivity index (χ2n) is 13.9. The molecule has 226 valence electrons. The maximum Gasteiger partial charge on any atom is 0.336 e. The van der Waals surface area contributed by atoms with Crippen LogP contribution in [0.5, 0.6) is 0 Å². The van der Waals surface area contributed by atoms with Gasteiger partial charge in [-0.15, -0.1) is 0 Å². The lowest BCUT2D eigenvalue weighted by atomic mass is 9.79. The minimum Gasteiger partial charge on any atom is -0.478 e. The quantitative estimate of drug-likeness (QED) is 0.118. The monoisotopic (exact) mass is 587 g/mol. The predicted octanol–water partition coefficient (Wildman–Crippen LogP) is 9.45. The molecule has 5 nitrogen and oxygen atoms in total. The number of hydrogen-bond donors (Lipinski definition) is 2. The number of carbonyl (C=O) groups is 3. The van der Waals surface area contributed by atoms with Gasteiger partial charge in [-0.1, -0.05) is 63.1 Å². The van der Waals surface area contributed by atoms with E-state index in [2.05, 4.69) is 31.3 Å². The van der Waals surface area contributed by atoms with Gasteiger partial charge in [0, 0.05) is 29.0 Å². The summed E-state index contributed by atoms with van der Waals surface area (Å²) < 4.78 is 0. The zero-order chi connectivity index (χ0) is 30.7. The first kappa shape index (κ1) is 28.8. The van der Waals surface area contributed by atoms with E-state index in [1.54, 1.807) is 6.07 Å². The number of Topliss-reactive ketones (excluding diaryl/α,β-unsaturated/α-hetero) is 1. The number of aromatic carboxylic acids is 1. The summed E-state index contributed by atoms with van der Waals surface area (Å²) in [5, 5.41) is 20.7. The van der Waals surface area contributed by atoms with Crippen molar-refractivity contribution in [2.24, 2.45) is 17.8 Å². The maximum atomic E-state index is 13.9. The second kappa shape index (κ2) is 11.2. The molecule has 0 unspecified atom stereocenters. The standard InChI is InChI=1S/C39H41NO4/c1-21-4-9-24(10-5-21)20-33(41)30-17-14-28-26-13-8-23(3)34-31(38(42)40-25-11-6-22(2)7-12-25)18-15-27(35(26)34)29-16-19-32(39(43)44)37(30)36(28)29/h8,13-19,21-22,24-25H,4-7,9-12,20H2,1-3H3,(H,40,42)(H,43,44).